The summed E-state index contributed by atoms with van der Waals surface area (Å²) in [6.45, 7) is 6.44. The van der Waals surface area contributed by atoms with Crippen LogP contribution >= 0.6 is 0 Å². The van der Waals surface area contributed by atoms with Crippen molar-refractivity contribution in [3.63, 3.8) is 0 Å². The van der Waals surface area contributed by atoms with Gasteiger partial charge in [0.05, 0.1) is 25.9 Å². The van der Waals surface area contributed by atoms with Crippen LogP contribution in [0.1, 0.15) is 26.7 Å². The molecule has 78 valence electrons. The lowest BCUT2D eigenvalue weighted by Crippen LogP contribution is -2.47. The second-order valence-electron chi connectivity index (χ2n) is 3.83. The Morgan fingerprint density at radius 3 is 2.77 bits per heavy atom. The van der Waals surface area contributed by atoms with Gasteiger partial charge in [-0.05, 0) is 12.3 Å². The Morgan fingerprint density at radius 1 is 1.46 bits per heavy atom. The summed E-state index contributed by atoms with van der Waals surface area (Å²) < 4.78 is 10.9. The molecular formula is C10H21NO2. The van der Waals surface area contributed by atoms with Crippen molar-refractivity contribution in [2.45, 2.75) is 38.8 Å². The fourth-order valence-electron chi connectivity index (χ4n) is 1.74. The van der Waals surface area contributed by atoms with E-state index in [2.05, 4.69) is 13.8 Å². The van der Waals surface area contributed by atoms with E-state index in [0.29, 0.717) is 25.7 Å². The van der Waals surface area contributed by atoms with E-state index in [1.165, 1.54) is 12.8 Å². The number of nitrogens with two attached hydrogens (primary N) is 1. The molecule has 1 aliphatic heterocycles. The van der Waals surface area contributed by atoms with Gasteiger partial charge < -0.3 is 15.2 Å². The quantitative estimate of drug-likeness (QED) is 0.718. The number of rotatable bonds is 4. The van der Waals surface area contributed by atoms with Crippen molar-refractivity contribution in [2.24, 2.45) is 11.7 Å². The third kappa shape index (κ3) is 3.25. The smallest absolute Gasteiger partial charge is 0.0962 e. The first-order chi connectivity index (χ1) is 6.25. The van der Waals surface area contributed by atoms with Gasteiger partial charge in [-0.15, -0.1) is 0 Å². The van der Waals surface area contributed by atoms with E-state index in [4.69, 9.17) is 15.2 Å². The molecule has 1 rings (SSSR count). The molecule has 1 heterocycles. The number of ether oxygens (including phenoxy) is 2. The molecule has 0 aromatic carbocycles. The average Bonchev–Trinajstić information content (AvgIpc) is 2.18. The molecule has 1 aliphatic rings. The van der Waals surface area contributed by atoms with Crippen LogP contribution < -0.4 is 5.73 Å². The minimum Gasteiger partial charge on any atom is -0.376 e. The highest BCUT2D eigenvalue weighted by atomic mass is 16.6. The first-order valence-corrected chi connectivity index (χ1v) is 5.20. The lowest BCUT2D eigenvalue weighted by Gasteiger charge is -2.31. The Morgan fingerprint density at radius 2 is 2.23 bits per heavy atom. The molecule has 0 aliphatic carbocycles. The minimum atomic E-state index is 0.107. The normalized spacial score (nSPS) is 28.4. The van der Waals surface area contributed by atoms with Gasteiger partial charge in [-0.3, -0.25) is 0 Å². The molecule has 13 heavy (non-hydrogen) atoms. The third-order valence-electron chi connectivity index (χ3n) is 2.67. The van der Waals surface area contributed by atoms with E-state index in [1.54, 1.807) is 0 Å². The highest BCUT2D eigenvalue weighted by molar-refractivity contribution is 4.79. The van der Waals surface area contributed by atoms with Crippen LogP contribution in [0.3, 0.4) is 0 Å². The topological polar surface area (TPSA) is 44.5 Å². The summed E-state index contributed by atoms with van der Waals surface area (Å²) in [7, 11) is 0. The maximum atomic E-state index is 6.07. The summed E-state index contributed by atoms with van der Waals surface area (Å²) in [6.07, 6.45) is 2.46. The highest BCUT2D eigenvalue weighted by Gasteiger charge is 2.25. The Hall–Kier alpha value is -0.120. The molecule has 0 saturated carbocycles. The van der Waals surface area contributed by atoms with Crippen molar-refractivity contribution in [3.05, 3.63) is 0 Å². The fourth-order valence-corrected chi connectivity index (χ4v) is 1.74. The molecule has 0 aromatic rings. The minimum absolute atomic E-state index is 0.107. The van der Waals surface area contributed by atoms with Gasteiger partial charge in [0.15, 0.2) is 0 Å². The Bertz CT molecular complexity index is 135. The van der Waals surface area contributed by atoms with Crippen LogP contribution in [0.25, 0.3) is 0 Å². The lowest BCUT2D eigenvalue weighted by molar-refractivity contribution is -0.103. The first kappa shape index (κ1) is 11.0. The van der Waals surface area contributed by atoms with Crippen molar-refractivity contribution in [2.75, 3.05) is 19.8 Å². The molecule has 3 heteroatoms. The van der Waals surface area contributed by atoms with Gasteiger partial charge >= 0.3 is 0 Å². The SMILES string of the molecule is CCCC(C)C(N)C1COCCO1. The van der Waals surface area contributed by atoms with Crippen LogP contribution in [0.5, 0.6) is 0 Å². The summed E-state index contributed by atoms with van der Waals surface area (Å²) in [5.74, 6) is 0.525. The zero-order valence-electron chi connectivity index (χ0n) is 8.66. The summed E-state index contributed by atoms with van der Waals surface area (Å²) in [5, 5.41) is 0. The van der Waals surface area contributed by atoms with Crippen molar-refractivity contribution < 1.29 is 9.47 Å². The molecule has 3 nitrogen and oxygen atoms in total. The van der Waals surface area contributed by atoms with E-state index >= 15 is 0 Å². The van der Waals surface area contributed by atoms with Crippen molar-refractivity contribution in [1.29, 1.82) is 0 Å². The molecule has 0 aromatic heterocycles. The predicted molar refractivity (Wildman–Crippen MR) is 52.6 cm³/mol. The standard InChI is InChI=1S/C10H21NO2/c1-3-4-8(2)10(11)9-7-12-5-6-13-9/h8-10H,3-7,11H2,1-2H3. The van der Waals surface area contributed by atoms with Crippen LogP contribution in [-0.2, 0) is 9.47 Å². The van der Waals surface area contributed by atoms with E-state index in [9.17, 15) is 0 Å². The molecule has 1 saturated heterocycles. The van der Waals surface area contributed by atoms with Crippen LogP contribution in [0.15, 0.2) is 0 Å². The second-order valence-corrected chi connectivity index (χ2v) is 3.83. The summed E-state index contributed by atoms with van der Waals surface area (Å²) >= 11 is 0. The summed E-state index contributed by atoms with van der Waals surface area (Å²) in [6, 6.07) is 0.125. The molecule has 0 spiro atoms. The van der Waals surface area contributed by atoms with Gasteiger partial charge in [0.25, 0.3) is 0 Å². The van der Waals surface area contributed by atoms with Crippen molar-refractivity contribution >= 4 is 0 Å². The van der Waals surface area contributed by atoms with Crippen LogP contribution in [0.2, 0.25) is 0 Å². The maximum Gasteiger partial charge on any atom is 0.0962 e. The van der Waals surface area contributed by atoms with Gasteiger partial charge in [-0.25, -0.2) is 0 Å². The van der Waals surface area contributed by atoms with Gasteiger partial charge in [0.1, 0.15) is 0 Å². The Kier molecular flexibility index (Phi) is 4.70. The fraction of sp³-hybridized carbons (Fsp3) is 1.00. The third-order valence-corrected chi connectivity index (χ3v) is 2.67. The first-order valence-electron chi connectivity index (χ1n) is 5.20. The molecule has 0 radical (unpaired) electrons. The van der Waals surface area contributed by atoms with Crippen LogP contribution in [0, 0.1) is 5.92 Å². The zero-order valence-corrected chi connectivity index (χ0v) is 8.66. The van der Waals surface area contributed by atoms with E-state index in [-0.39, 0.29) is 12.1 Å². The molecule has 0 bridgehead atoms. The van der Waals surface area contributed by atoms with E-state index in [1.807, 2.05) is 0 Å². The van der Waals surface area contributed by atoms with E-state index in [0.717, 1.165) is 0 Å². The van der Waals surface area contributed by atoms with Crippen molar-refractivity contribution in [1.82, 2.24) is 0 Å². The molecule has 3 unspecified atom stereocenters. The largest absolute Gasteiger partial charge is 0.376 e. The van der Waals surface area contributed by atoms with Crippen molar-refractivity contribution in [3.8, 4) is 0 Å². The molecule has 2 N–H and O–H groups in total. The summed E-state index contributed by atoms with van der Waals surface area (Å²) in [5.41, 5.74) is 6.07. The monoisotopic (exact) mass is 187 g/mol. The molecule has 3 atom stereocenters. The van der Waals surface area contributed by atoms with Crippen LogP contribution in [0.4, 0.5) is 0 Å². The average molecular weight is 187 g/mol. The lowest BCUT2D eigenvalue weighted by atomic mass is 9.93. The number of hydrogen-bond donors (Lipinski definition) is 1. The van der Waals surface area contributed by atoms with Gasteiger partial charge in [-0.2, -0.15) is 0 Å². The Balaban J connectivity index is 2.31. The zero-order chi connectivity index (χ0) is 9.68. The van der Waals surface area contributed by atoms with Gasteiger partial charge in [0, 0.05) is 6.04 Å². The predicted octanol–water partition coefficient (Wildman–Crippen LogP) is 1.17. The second kappa shape index (κ2) is 5.58. The molecule has 0 amide bonds. The van der Waals surface area contributed by atoms with E-state index < -0.39 is 0 Å². The van der Waals surface area contributed by atoms with Gasteiger partial charge in [-0.1, -0.05) is 20.3 Å². The molecule has 1 fully saturated rings. The summed E-state index contributed by atoms with van der Waals surface area (Å²) in [4.78, 5) is 0. The molecular weight excluding hydrogens is 166 g/mol. The Labute approximate surface area is 80.6 Å². The highest BCUT2D eigenvalue weighted by Crippen LogP contribution is 2.15. The number of hydrogen-bond acceptors (Lipinski definition) is 3. The van der Waals surface area contributed by atoms with Crippen LogP contribution in [-0.4, -0.2) is 32.0 Å². The van der Waals surface area contributed by atoms with Gasteiger partial charge in [0.2, 0.25) is 0 Å². The maximum absolute atomic E-state index is 6.07.